The maximum atomic E-state index is 13.1. The number of benzene rings is 1. The Morgan fingerprint density at radius 2 is 1.85 bits per heavy atom. The van der Waals surface area contributed by atoms with Crippen molar-refractivity contribution in [2.75, 3.05) is 26.2 Å². The summed E-state index contributed by atoms with van der Waals surface area (Å²) < 4.78 is 5.84. The van der Waals surface area contributed by atoms with E-state index in [4.69, 9.17) is 4.74 Å². The highest BCUT2D eigenvalue weighted by Crippen LogP contribution is 2.37. The van der Waals surface area contributed by atoms with E-state index in [9.17, 15) is 4.79 Å². The minimum Gasteiger partial charge on any atom is -0.488 e. The number of hydrogen-bond donors (Lipinski definition) is 1. The zero-order valence-electron chi connectivity index (χ0n) is 15.6. The minimum absolute atomic E-state index is 0.0509. The summed E-state index contributed by atoms with van der Waals surface area (Å²) in [5.41, 5.74) is 3.27. The van der Waals surface area contributed by atoms with Crippen molar-refractivity contribution in [3.63, 3.8) is 0 Å². The van der Waals surface area contributed by atoms with E-state index in [0.29, 0.717) is 12.3 Å². The Bertz CT molecular complexity index is 832. The monoisotopic (exact) mass is 366 g/mol. The van der Waals surface area contributed by atoms with Gasteiger partial charge in [0.05, 0.1) is 0 Å². The van der Waals surface area contributed by atoms with Gasteiger partial charge in [-0.05, 0) is 25.0 Å². The number of ether oxygens (including phenoxy) is 1. The molecule has 1 saturated heterocycles. The lowest BCUT2D eigenvalue weighted by Crippen LogP contribution is -2.52. The summed E-state index contributed by atoms with van der Waals surface area (Å²) in [4.78, 5) is 17.7. The van der Waals surface area contributed by atoms with Crippen molar-refractivity contribution in [3.05, 3.63) is 35.5 Å². The number of rotatable bonds is 2. The van der Waals surface area contributed by atoms with E-state index < -0.39 is 0 Å². The lowest BCUT2D eigenvalue weighted by Gasteiger charge is -2.40. The minimum atomic E-state index is 0.0509. The van der Waals surface area contributed by atoms with E-state index in [-0.39, 0.29) is 5.91 Å². The van der Waals surface area contributed by atoms with Crippen molar-refractivity contribution in [2.24, 2.45) is 0 Å². The van der Waals surface area contributed by atoms with Crippen LogP contribution in [-0.4, -0.2) is 58.1 Å². The maximum Gasteiger partial charge on any atom is 0.272 e. The lowest BCUT2D eigenvalue weighted by atomic mass is 9.94. The van der Waals surface area contributed by atoms with Crippen LogP contribution < -0.4 is 4.74 Å². The smallest absolute Gasteiger partial charge is 0.272 e. The molecule has 0 spiro atoms. The molecule has 3 aliphatic rings. The van der Waals surface area contributed by atoms with Crippen LogP contribution in [0.3, 0.4) is 0 Å². The second kappa shape index (κ2) is 7.00. The van der Waals surface area contributed by atoms with Gasteiger partial charge in [-0.1, -0.05) is 31.4 Å². The number of H-pyrrole nitrogens is 1. The van der Waals surface area contributed by atoms with E-state index in [0.717, 1.165) is 54.8 Å². The molecule has 6 nitrogen and oxygen atoms in total. The Hall–Kier alpha value is -2.34. The zero-order chi connectivity index (χ0) is 18.2. The van der Waals surface area contributed by atoms with Crippen LogP contribution in [0.2, 0.25) is 0 Å². The number of hydrogen-bond acceptors (Lipinski definition) is 4. The number of nitrogens with one attached hydrogen (secondary N) is 1. The molecule has 6 heteroatoms. The second-order valence-corrected chi connectivity index (χ2v) is 7.83. The number of fused-ring (bicyclic) bond motifs is 3. The number of nitrogens with zero attached hydrogens (tertiary/aromatic N) is 3. The quantitative estimate of drug-likeness (QED) is 0.887. The van der Waals surface area contributed by atoms with E-state index >= 15 is 0 Å². The second-order valence-electron chi connectivity index (χ2n) is 7.83. The highest BCUT2D eigenvalue weighted by Gasteiger charge is 2.31. The van der Waals surface area contributed by atoms with Crippen molar-refractivity contribution in [2.45, 2.75) is 44.8 Å². The summed E-state index contributed by atoms with van der Waals surface area (Å²) in [6.45, 7) is 3.94. The topological polar surface area (TPSA) is 61.5 Å². The molecule has 0 bridgehead atoms. The predicted octanol–water partition coefficient (Wildman–Crippen LogP) is 3.06. The molecule has 2 fully saturated rings. The Kier molecular flexibility index (Phi) is 4.36. The molecule has 0 radical (unpaired) electrons. The summed E-state index contributed by atoms with van der Waals surface area (Å²) >= 11 is 0. The van der Waals surface area contributed by atoms with Gasteiger partial charge in [-0.2, -0.15) is 5.10 Å². The first-order valence-corrected chi connectivity index (χ1v) is 10.1. The first-order valence-electron chi connectivity index (χ1n) is 10.1. The molecule has 0 unspecified atom stereocenters. The van der Waals surface area contributed by atoms with Crippen LogP contribution in [0.4, 0.5) is 0 Å². The van der Waals surface area contributed by atoms with Crippen LogP contribution in [0.15, 0.2) is 24.3 Å². The molecule has 2 aromatic rings. The molecule has 1 aromatic carbocycles. The number of aromatic amines is 1. The number of piperazine rings is 1. The van der Waals surface area contributed by atoms with Crippen LogP contribution in [0.5, 0.6) is 5.75 Å². The predicted molar refractivity (Wildman–Crippen MR) is 103 cm³/mol. The number of para-hydroxylation sites is 1. The number of aromatic nitrogens is 2. The van der Waals surface area contributed by atoms with Gasteiger partial charge in [-0.15, -0.1) is 0 Å². The van der Waals surface area contributed by atoms with Gasteiger partial charge < -0.3 is 9.64 Å². The van der Waals surface area contributed by atoms with Crippen LogP contribution in [0, 0.1) is 0 Å². The molecule has 1 aliphatic carbocycles. The highest BCUT2D eigenvalue weighted by atomic mass is 16.5. The Morgan fingerprint density at radius 1 is 1.07 bits per heavy atom. The average Bonchev–Trinajstić information content (AvgIpc) is 3.19. The van der Waals surface area contributed by atoms with Crippen molar-refractivity contribution in [1.82, 2.24) is 20.0 Å². The van der Waals surface area contributed by atoms with Gasteiger partial charge in [-0.3, -0.25) is 14.8 Å². The fourth-order valence-electron chi connectivity index (χ4n) is 4.74. The molecule has 1 amide bonds. The summed E-state index contributed by atoms with van der Waals surface area (Å²) in [6.07, 6.45) is 6.72. The number of amides is 1. The largest absolute Gasteiger partial charge is 0.488 e. The van der Waals surface area contributed by atoms with Gasteiger partial charge in [0.2, 0.25) is 0 Å². The molecular weight excluding hydrogens is 340 g/mol. The molecule has 1 aromatic heterocycles. The van der Waals surface area contributed by atoms with E-state index in [1.807, 2.05) is 29.2 Å². The standard InChI is InChI=1S/C21H26N4O2/c26-21(25-12-10-24(11-13-25)15-6-2-1-3-7-15)20-17-14-27-18-9-5-4-8-16(18)19(17)22-23-20/h4-5,8-9,15H,1-3,6-7,10-14H2,(H,22,23). The van der Waals surface area contributed by atoms with Crippen molar-refractivity contribution >= 4 is 5.91 Å². The van der Waals surface area contributed by atoms with Gasteiger partial charge in [0.15, 0.2) is 0 Å². The Labute approximate surface area is 159 Å². The number of carbonyl (C=O) groups is 1. The van der Waals surface area contributed by atoms with Crippen molar-refractivity contribution < 1.29 is 9.53 Å². The summed E-state index contributed by atoms with van der Waals surface area (Å²) in [5, 5.41) is 7.43. The van der Waals surface area contributed by atoms with Gasteiger partial charge in [0, 0.05) is 43.3 Å². The third-order valence-corrected chi connectivity index (χ3v) is 6.29. The van der Waals surface area contributed by atoms with E-state index in [2.05, 4.69) is 15.1 Å². The summed E-state index contributed by atoms with van der Waals surface area (Å²) in [7, 11) is 0. The van der Waals surface area contributed by atoms with Gasteiger partial charge in [-0.25, -0.2) is 0 Å². The molecule has 3 heterocycles. The van der Waals surface area contributed by atoms with Crippen molar-refractivity contribution in [3.8, 4) is 17.0 Å². The molecule has 0 atom stereocenters. The SMILES string of the molecule is O=C(c1[nH]nc2c1COc1ccccc1-2)N1CCN(C2CCCCC2)CC1. The average molecular weight is 366 g/mol. The molecular formula is C21H26N4O2. The fraction of sp³-hybridized carbons (Fsp3) is 0.524. The molecule has 1 saturated carbocycles. The van der Waals surface area contributed by atoms with Crippen LogP contribution in [0.1, 0.15) is 48.2 Å². The fourth-order valence-corrected chi connectivity index (χ4v) is 4.74. The first kappa shape index (κ1) is 16.8. The third kappa shape index (κ3) is 3.02. The lowest BCUT2D eigenvalue weighted by molar-refractivity contribution is 0.0516. The normalized spacial score (nSPS) is 20.7. The highest BCUT2D eigenvalue weighted by molar-refractivity contribution is 5.96. The molecule has 27 heavy (non-hydrogen) atoms. The van der Waals surface area contributed by atoms with E-state index in [1.54, 1.807) is 0 Å². The summed E-state index contributed by atoms with van der Waals surface area (Å²) in [5.74, 6) is 0.881. The maximum absolute atomic E-state index is 13.1. The molecule has 142 valence electrons. The first-order chi connectivity index (χ1) is 13.3. The number of carbonyl (C=O) groups excluding carboxylic acids is 1. The van der Waals surface area contributed by atoms with Crippen LogP contribution in [0.25, 0.3) is 11.3 Å². The van der Waals surface area contributed by atoms with Crippen LogP contribution >= 0.6 is 0 Å². The van der Waals surface area contributed by atoms with Crippen LogP contribution in [-0.2, 0) is 6.61 Å². The Morgan fingerprint density at radius 3 is 2.67 bits per heavy atom. The van der Waals surface area contributed by atoms with Gasteiger partial charge in [0.25, 0.3) is 5.91 Å². The van der Waals surface area contributed by atoms with Gasteiger partial charge >= 0.3 is 0 Å². The summed E-state index contributed by atoms with van der Waals surface area (Å²) in [6, 6.07) is 8.58. The molecule has 2 aliphatic heterocycles. The van der Waals surface area contributed by atoms with Gasteiger partial charge in [0.1, 0.15) is 23.7 Å². The third-order valence-electron chi connectivity index (χ3n) is 6.29. The molecule has 5 rings (SSSR count). The zero-order valence-corrected chi connectivity index (χ0v) is 15.6. The Balaban J connectivity index is 1.30. The van der Waals surface area contributed by atoms with E-state index in [1.165, 1.54) is 32.1 Å². The van der Waals surface area contributed by atoms with Crippen molar-refractivity contribution in [1.29, 1.82) is 0 Å². The molecule has 1 N–H and O–H groups in total.